The lowest BCUT2D eigenvalue weighted by Crippen LogP contribution is -2.32. The molecule has 160 valence electrons. The Morgan fingerprint density at radius 2 is 1.03 bits per heavy atom. The van der Waals surface area contributed by atoms with Crippen molar-refractivity contribution in [1.29, 1.82) is 0 Å². The molecule has 4 rings (SSSR count). The molecule has 0 saturated heterocycles. The van der Waals surface area contributed by atoms with Crippen molar-refractivity contribution < 1.29 is 4.79 Å². The van der Waals surface area contributed by atoms with Gasteiger partial charge in [0.1, 0.15) is 6.04 Å². The topological polar surface area (TPSA) is 104 Å². The lowest BCUT2D eigenvalue weighted by molar-refractivity contribution is -0.116. The van der Waals surface area contributed by atoms with E-state index in [9.17, 15) is 4.79 Å². The van der Waals surface area contributed by atoms with Gasteiger partial charge in [0.2, 0.25) is 23.8 Å². The third-order valence-corrected chi connectivity index (χ3v) is 4.48. The first-order chi connectivity index (χ1) is 15.7. The minimum absolute atomic E-state index is 0.202. The lowest BCUT2D eigenvalue weighted by Gasteiger charge is -2.16. The Morgan fingerprint density at radius 1 is 0.625 bits per heavy atom. The normalized spacial score (nSPS) is 11.3. The van der Waals surface area contributed by atoms with Crippen LogP contribution in [0, 0.1) is 0 Å². The SMILES string of the molecule is CC(Nc1nc(Nc2ccccc2)nc(Nc2ccccc2)n1)C(=O)Nc1ccccc1. The first-order valence-electron chi connectivity index (χ1n) is 10.2. The van der Waals surface area contributed by atoms with Crippen LogP contribution < -0.4 is 21.3 Å². The number of carbonyl (C=O) groups excluding carboxylic acids is 1. The van der Waals surface area contributed by atoms with E-state index in [1.165, 1.54) is 0 Å². The summed E-state index contributed by atoms with van der Waals surface area (Å²) in [5, 5.41) is 12.3. The summed E-state index contributed by atoms with van der Waals surface area (Å²) in [6, 6.07) is 27.9. The molecular weight excluding hydrogens is 402 g/mol. The average Bonchev–Trinajstić information content (AvgIpc) is 2.81. The number of benzene rings is 3. The van der Waals surface area contributed by atoms with Crippen molar-refractivity contribution in [3.8, 4) is 0 Å². The van der Waals surface area contributed by atoms with Gasteiger partial charge >= 0.3 is 0 Å². The molecule has 0 saturated carbocycles. The van der Waals surface area contributed by atoms with Gasteiger partial charge in [0.05, 0.1) is 0 Å². The van der Waals surface area contributed by atoms with E-state index in [-0.39, 0.29) is 11.9 Å². The highest BCUT2D eigenvalue weighted by Crippen LogP contribution is 2.19. The van der Waals surface area contributed by atoms with Crippen molar-refractivity contribution in [2.24, 2.45) is 0 Å². The van der Waals surface area contributed by atoms with E-state index in [1.807, 2.05) is 91.0 Å². The molecule has 0 radical (unpaired) electrons. The molecule has 0 aliphatic rings. The summed E-state index contributed by atoms with van der Waals surface area (Å²) in [5.41, 5.74) is 2.40. The van der Waals surface area contributed by atoms with E-state index >= 15 is 0 Å². The minimum Gasteiger partial charge on any atom is -0.342 e. The second kappa shape index (κ2) is 10.0. The Hall–Kier alpha value is -4.46. The van der Waals surface area contributed by atoms with Gasteiger partial charge in [-0.1, -0.05) is 54.6 Å². The molecule has 1 heterocycles. The van der Waals surface area contributed by atoms with Gasteiger partial charge in [-0.15, -0.1) is 0 Å². The summed E-state index contributed by atoms with van der Waals surface area (Å²) >= 11 is 0. The smallest absolute Gasteiger partial charge is 0.246 e. The van der Waals surface area contributed by atoms with Crippen molar-refractivity contribution in [2.75, 3.05) is 21.3 Å². The van der Waals surface area contributed by atoms with Crippen LogP contribution in [0.1, 0.15) is 6.92 Å². The number of rotatable bonds is 8. The molecule has 0 spiro atoms. The fourth-order valence-electron chi connectivity index (χ4n) is 2.88. The van der Waals surface area contributed by atoms with Crippen molar-refractivity contribution in [3.63, 3.8) is 0 Å². The highest BCUT2D eigenvalue weighted by Gasteiger charge is 2.16. The molecule has 32 heavy (non-hydrogen) atoms. The molecule has 8 nitrogen and oxygen atoms in total. The second-order valence-electron chi connectivity index (χ2n) is 7.01. The maximum Gasteiger partial charge on any atom is 0.246 e. The zero-order valence-corrected chi connectivity index (χ0v) is 17.5. The number of anilines is 6. The van der Waals surface area contributed by atoms with E-state index in [1.54, 1.807) is 6.92 Å². The van der Waals surface area contributed by atoms with Gasteiger partial charge in [-0.3, -0.25) is 4.79 Å². The minimum atomic E-state index is -0.577. The molecule has 3 aromatic carbocycles. The van der Waals surface area contributed by atoms with Gasteiger partial charge in [-0.25, -0.2) is 0 Å². The molecule has 4 N–H and O–H groups in total. The standard InChI is InChI=1S/C24H23N7O/c1-17(21(32)26-18-11-5-2-6-12-18)25-22-29-23(27-19-13-7-3-8-14-19)31-24(30-22)28-20-15-9-4-10-16-20/h2-17H,1H3,(H,26,32)(H3,25,27,28,29,30,31). The largest absolute Gasteiger partial charge is 0.342 e. The van der Waals surface area contributed by atoms with E-state index in [4.69, 9.17) is 0 Å². The monoisotopic (exact) mass is 425 g/mol. The van der Waals surface area contributed by atoms with Crippen LogP contribution >= 0.6 is 0 Å². The third kappa shape index (κ3) is 5.79. The van der Waals surface area contributed by atoms with Gasteiger partial charge in [0.15, 0.2) is 0 Å². The van der Waals surface area contributed by atoms with Gasteiger partial charge < -0.3 is 21.3 Å². The van der Waals surface area contributed by atoms with Crippen LogP contribution in [0.3, 0.4) is 0 Å². The number of para-hydroxylation sites is 3. The molecule has 1 atom stereocenters. The molecule has 0 fully saturated rings. The third-order valence-electron chi connectivity index (χ3n) is 4.48. The molecule has 8 heteroatoms. The van der Waals surface area contributed by atoms with Crippen molar-refractivity contribution in [1.82, 2.24) is 15.0 Å². The van der Waals surface area contributed by atoms with Gasteiger partial charge in [0, 0.05) is 17.1 Å². The molecule has 0 aliphatic heterocycles. The molecule has 0 bridgehead atoms. The molecule has 0 aliphatic carbocycles. The highest BCUT2D eigenvalue weighted by molar-refractivity contribution is 5.96. The van der Waals surface area contributed by atoms with Gasteiger partial charge in [-0.2, -0.15) is 15.0 Å². The second-order valence-corrected chi connectivity index (χ2v) is 7.01. The van der Waals surface area contributed by atoms with Crippen molar-refractivity contribution in [3.05, 3.63) is 91.0 Å². The van der Waals surface area contributed by atoms with Crippen LogP contribution in [0.25, 0.3) is 0 Å². The fourth-order valence-corrected chi connectivity index (χ4v) is 2.88. The summed E-state index contributed by atoms with van der Waals surface area (Å²) in [6.07, 6.45) is 0. The molecular formula is C24H23N7O. The fraction of sp³-hybridized carbons (Fsp3) is 0.0833. The number of amides is 1. The predicted octanol–water partition coefficient (Wildman–Crippen LogP) is 4.80. The average molecular weight is 425 g/mol. The summed E-state index contributed by atoms with van der Waals surface area (Å²) in [5.74, 6) is 0.768. The van der Waals surface area contributed by atoms with E-state index in [2.05, 4.69) is 36.2 Å². The maximum atomic E-state index is 12.6. The Balaban J connectivity index is 1.54. The van der Waals surface area contributed by atoms with E-state index in [0.29, 0.717) is 11.9 Å². The van der Waals surface area contributed by atoms with Crippen LogP contribution in [0.2, 0.25) is 0 Å². The van der Waals surface area contributed by atoms with Crippen LogP contribution in [0.4, 0.5) is 34.9 Å². The Kier molecular flexibility index (Phi) is 6.52. The van der Waals surface area contributed by atoms with Gasteiger partial charge in [0.25, 0.3) is 0 Å². The maximum absolute atomic E-state index is 12.6. The van der Waals surface area contributed by atoms with E-state index < -0.39 is 6.04 Å². The van der Waals surface area contributed by atoms with Gasteiger partial charge in [-0.05, 0) is 43.3 Å². The number of aromatic nitrogens is 3. The van der Waals surface area contributed by atoms with E-state index in [0.717, 1.165) is 17.1 Å². The van der Waals surface area contributed by atoms with Crippen LogP contribution in [0.15, 0.2) is 91.0 Å². The van der Waals surface area contributed by atoms with Crippen molar-refractivity contribution >= 4 is 40.8 Å². The van der Waals surface area contributed by atoms with Crippen LogP contribution in [-0.4, -0.2) is 26.9 Å². The zero-order valence-electron chi connectivity index (χ0n) is 17.5. The lowest BCUT2D eigenvalue weighted by atomic mass is 10.2. The number of nitrogens with zero attached hydrogens (tertiary/aromatic N) is 3. The first-order valence-corrected chi connectivity index (χ1v) is 10.2. The zero-order chi connectivity index (χ0) is 22.2. The molecule has 1 amide bonds. The predicted molar refractivity (Wildman–Crippen MR) is 127 cm³/mol. The Bertz CT molecular complexity index is 1100. The van der Waals surface area contributed by atoms with Crippen molar-refractivity contribution in [2.45, 2.75) is 13.0 Å². The first kappa shape index (κ1) is 20.8. The summed E-state index contributed by atoms with van der Waals surface area (Å²) in [7, 11) is 0. The Labute approximate surface area is 186 Å². The molecule has 1 aromatic heterocycles. The quantitative estimate of drug-likeness (QED) is 0.321. The summed E-state index contributed by atoms with van der Waals surface area (Å²) in [4.78, 5) is 25.9. The van der Waals surface area contributed by atoms with Crippen LogP contribution in [-0.2, 0) is 4.79 Å². The number of hydrogen-bond acceptors (Lipinski definition) is 7. The summed E-state index contributed by atoms with van der Waals surface area (Å²) < 4.78 is 0. The number of hydrogen-bond donors (Lipinski definition) is 4. The van der Waals surface area contributed by atoms with Crippen LogP contribution in [0.5, 0.6) is 0 Å². The summed E-state index contributed by atoms with van der Waals surface area (Å²) in [6.45, 7) is 1.75. The Morgan fingerprint density at radius 3 is 1.50 bits per heavy atom. The molecule has 1 unspecified atom stereocenters. The molecule has 4 aromatic rings. The number of nitrogens with one attached hydrogen (secondary N) is 4. The number of carbonyl (C=O) groups is 1. The highest BCUT2D eigenvalue weighted by atomic mass is 16.2.